The number of hydrogen-bond donors (Lipinski definition) is 0. The van der Waals surface area contributed by atoms with Gasteiger partial charge in [-0.2, -0.15) is 15.8 Å². The van der Waals surface area contributed by atoms with E-state index >= 15 is 0 Å². The average Bonchev–Trinajstić information content (AvgIpc) is 3.59. The molecule has 0 unspecified atom stereocenters. The van der Waals surface area contributed by atoms with Crippen molar-refractivity contribution in [2.45, 2.75) is 78.6 Å². The van der Waals surface area contributed by atoms with Crippen LogP contribution in [0, 0.1) is 69.5 Å². The van der Waals surface area contributed by atoms with Crippen molar-refractivity contribution in [3.8, 4) is 51.6 Å². The second-order valence-corrected chi connectivity index (χ2v) is 22.9. The van der Waals surface area contributed by atoms with Gasteiger partial charge in [0.25, 0.3) is 0 Å². The third-order valence-corrected chi connectivity index (χ3v) is 17.7. The summed E-state index contributed by atoms with van der Waals surface area (Å²) in [6.45, 7) is 13.9. The smallest absolute Gasteiger partial charge is 0.0998 e. The molecule has 0 spiro atoms. The zero-order chi connectivity index (χ0) is 58.5. The van der Waals surface area contributed by atoms with E-state index in [1.807, 2.05) is 165 Å². The summed E-state index contributed by atoms with van der Waals surface area (Å²) in [7, 11) is 0. The molecule has 0 amide bonds. The maximum atomic E-state index is 9.30. The van der Waals surface area contributed by atoms with Crippen LogP contribution in [0.4, 0.5) is 0 Å². The molecule has 12 rings (SSSR count). The number of pyridine rings is 6. The van der Waals surface area contributed by atoms with Crippen LogP contribution in [0.25, 0.3) is 51.6 Å². The van der Waals surface area contributed by atoms with Gasteiger partial charge in [0.2, 0.25) is 0 Å². The summed E-state index contributed by atoms with van der Waals surface area (Å²) in [5.74, 6) is 4.62. The topological polar surface area (TPSA) is 149 Å². The number of aromatic nitrogens is 6. The lowest BCUT2D eigenvalue weighted by atomic mass is 9.71. The van der Waals surface area contributed by atoms with Crippen molar-refractivity contribution in [2.24, 2.45) is 35.5 Å². The lowest BCUT2D eigenvalue weighted by molar-refractivity contribution is 0.327. The SMILES string of the molecule is C[C@H]1[C@H](/C=C/c2ccc(-c3ccccc3C#N)cn2)c2ccncc2C[C@@H]1C.C[C@H]1[C@H](/C=C/c2ccc(-c3ccccc3C#N)cn2)c2cnccc2C[C@@H]1C.C[C@H]1[C@H](/C=C/c2ccc(-c3ccccc3C#N)cn2)c2ncccc2C[C@@H]1C. The van der Waals surface area contributed by atoms with E-state index in [4.69, 9.17) is 0 Å². The molecule has 9 aromatic rings. The Bertz CT molecular complexity index is 3540. The van der Waals surface area contributed by atoms with Crippen LogP contribution in [-0.4, -0.2) is 29.9 Å². The van der Waals surface area contributed by atoms with Gasteiger partial charge >= 0.3 is 0 Å². The van der Waals surface area contributed by atoms with Gasteiger partial charge in [0.05, 0.1) is 57.7 Å². The zero-order valence-electron chi connectivity index (χ0n) is 48.6. The molecule has 0 fully saturated rings. The van der Waals surface area contributed by atoms with Crippen LogP contribution >= 0.6 is 0 Å². The highest BCUT2D eigenvalue weighted by atomic mass is 14.7. The van der Waals surface area contributed by atoms with Gasteiger partial charge in [-0.3, -0.25) is 29.9 Å². The highest BCUT2D eigenvalue weighted by Crippen LogP contribution is 2.43. The minimum atomic E-state index is 0.306. The molecular weight excluding hydrogens is 1030 g/mol. The maximum absolute atomic E-state index is 9.30. The van der Waals surface area contributed by atoms with Gasteiger partial charge in [0.15, 0.2) is 0 Å². The first kappa shape index (κ1) is 57.5. The Morgan fingerprint density at radius 1 is 0.369 bits per heavy atom. The fraction of sp³-hybridized carbons (Fsp3) is 0.240. The minimum Gasteiger partial charge on any atom is -0.264 e. The summed E-state index contributed by atoms with van der Waals surface area (Å²) in [5.41, 5.74) is 18.5. The van der Waals surface area contributed by atoms with Gasteiger partial charge in [0, 0.05) is 101 Å². The second kappa shape index (κ2) is 26.9. The van der Waals surface area contributed by atoms with Gasteiger partial charge < -0.3 is 0 Å². The van der Waals surface area contributed by atoms with Gasteiger partial charge in [-0.15, -0.1) is 0 Å². The molecule has 0 radical (unpaired) electrons. The summed E-state index contributed by atoms with van der Waals surface area (Å²) < 4.78 is 0. The molecule has 84 heavy (non-hydrogen) atoms. The Labute approximate surface area is 495 Å². The standard InChI is InChI=1S/3C25H23N3/c1-17-14-19-7-5-13-27-25(19)23(18(17)2)12-11-22-10-9-21(16-28-22)24-8-4-3-6-20(24)15-26;1-17-13-19-11-12-27-16-25(19)23(18(17)2)10-9-22-8-7-21(15-28-22)24-6-4-3-5-20(24)14-26;1-17-13-21-15-27-12-11-25(21)23(18(17)2)10-9-22-8-7-20(16-28-22)24-6-4-3-5-19(24)14-26/h3-13,16-18,23H,14H2,1-2H3;2*3-12,15-18,23H,13H2,1-2H3/b12-11+;2*10-9+/t3*17-,18+,23-/m000/s1. The molecule has 0 bridgehead atoms. The molecule has 9 nitrogen and oxygen atoms in total. The predicted molar refractivity (Wildman–Crippen MR) is 337 cm³/mol. The first-order valence-corrected chi connectivity index (χ1v) is 29.2. The van der Waals surface area contributed by atoms with E-state index in [0.717, 1.165) is 69.7 Å². The maximum Gasteiger partial charge on any atom is 0.0998 e. The van der Waals surface area contributed by atoms with Crippen molar-refractivity contribution in [3.63, 3.8) is 0 Å². The van der Waals surface area contributed by atoms with Crippen molar-refractivity contribution in [1.29, 1.82) is 15.8 Å². The van der Waals surface area contributed by atoms with E-state index in [2.05, 4.69) is 144 Å². The normalized spacial score (nSPS) is 21.2. The molecule has 3 aromatic carbocycles. The van der Waals surface area contributed by atoms with Crippen molar-refractivity contribution >= 4 is 18.2 Å². The van der Waals surface area contributed by atoms with E-state index in [-0.39, 0.29) is 0 Å². The Kier molecular flexibility index (Phi) is 18.4. The van der Waals surface area contributed by atoms with E-state index in [1.54, 1.807) is 0 Å². The number of hydrogen-bond acceptors (Lipinski definition) is 9. The van der Waals surface area contributed by atoms with Crippen molar-refractivity contribution < 1.29 is 0 Å². The lowest BCUT2D eigenvalue weighted by Crippen LogP contribution is -2.25. The molecule has 3 aliphatic rings. The number of fused-ring (bicyclic) bond motifs is 3. The van der Waals surface area contributed by atoms with Gasteiger partial charge in [-0.1, -0.05) is 139 Å². The Morgan fingerprint density at radius 3 is 1.26 bits per heavy atom. The summed E-state index contributed by atoms with van der Waals surface area (Å²) >= 11 is 0. The summed E-state index contributed by atoms with van der Waals surface area (Å²) in [5, 5.41) is 27.9. The second-order valence-electron chi connectivity index (χ2n) is 22.9. The molecule has 9 atom stereocenters. The summed E-state index contributed by atoms with van der Waals surface area (Å²) in [6.07, 6.45) is 31.7. The molecule has 3 aliphatic carbocycles. The molecule has 414 valence electrons. The highest BCUT2D eigenvalue weighted by Gasteiger charge is 2.32. The van der Waals surface area contributed by atoms with Gasteiger partial charge in [-0.05, 0) is 155 Å². The van der Waals surface area contributed by atoms with Crippen LogP contribution in [0.1, 0.15) is 127 Å². The molecule has 6 aromatic heterocycles. The zero-order valence-corrected chi connectivity index (χ0v) is 48.6. The Balaban J connectivity index is 0.000000140. The largest absolute Gasteiger partial charge is 0.264 e. The van der Waals surface area contributed by atoms with Gasteiger partial charge in [0.1, 0.15) is 0 Å². The quantitative estimate of drug-likeness (QED) is 0.138. The van der Waals surface area contributed by atoms with Crippen LogP contribution < -0.4 is 0 Å². The van der Waals surface area contributed by atoms with E-state index in [0.29, 0.717) is 70.0 Å². The number of benzene rings is 3. The predicted octanol–water partition coefficient (Wildman–Crippen LogP) is 16.9. The molecule has 0 saturated heterocycles. The molecule has 0 aliphatic heterocycles. The fourth-order valence-electron chi connectivity index (χ4n) is 12.2. The fourth-order valence-corrected chi connectivity index (χ4v) is 12.2. The summed E-state index contributed by atoms with van der Waals surface area (Å²) in [6, 6.07) is 50.3. The molecule has 6 heterocycles. The molecular formula is C75H69N9. The first-order valence-electron chi connectivity index (χ1n) is 29.2. The minimum absolute atomic E-state index is 0.306. The molecule has 9 heteroatoms. The molecule has 0 saturated carbocycles. The highest BCUT2D eigenvalue weighted by molar-refractivity contribution is 5.72. The van der Waals surface area contributed by atoms with Crippen molar-refractivity contribution in [3.05, 3.63) is 269 Å². The van der Waals surface area contributed by atoms with E-state index < -0.39 is 0 Å². The van der Waals surface area contributed by atoms with Crippen LogP contribution in [-0.2, 0) is 19.3 Å². The van der Waals surface area contributed by atoms with Crippen LogP contribution in [0.2, 0.25) is 0 Å². The van der Waals surface area contributed by atoms with Crippen molar-refractivity contribution in [1.82, 2.24) is 29.9 Å². The van der Waals surface area contributed by atoms with Crippen molar-refractivity contribution in [2.75, 3.05) is 0 Å². The van der Waals surface area contributed by atoms with Crippen LogP contribution in [0.15, 0.2) is 201 Å². The number of allylic oxidation sites excluding steroid dienone is 3. The lowest BCUT2D eigenvalue weighted by Gasteiger charge is -2.34. The summed E-state index contributed by atoms with van der Waals surface area (Å²) in [4.78, 5) is 27.1. The number of nitriles is 3. The number of rotatable bonds is 9. The van der Waals surface area contributed by atoms with Gasteiger partial charge in [-0.25, -0.2) is 0 Å². The number of nitrogens with zero attached hydrogens (tertiary/aromatic N) is 9. The Hall–Kier alpha value is -9.75. The monoisotopic (exact) mass is 1100 g/mol. The first-order chi connectivity index (χ1) is 41.0. The van der Waals surface area contributed by atoms with E-state index in [9.17, 15) is 15.8 Å². The third-order valence-electron chi connectivity index (χ3n) is 17.7. The Morgan fingerprint density at radius 2 is 0.786 bits per heavy atom. The van der Waals surface area contributed by atoms with E-state index in [1.165, 1.54) is 33.5 Å². The van der Waals surface area contributed by atoms with Crippen LogP contribution in [0.3, 0.4) is 0 Å². The van der Waals surface area contributed by atoms with Crippen LogP contribution in [0.5, 0.6) is 0 Å². The molecule has 0 N–H and O–H groups in total. The average molecular weight is 1100 g/mol. The third kappa shape index (κ3) is 13.1.